The third-order valence-corrected chi connectivity index (χ3v) is 7.35. The summed E-state index contributed by atoms with van der Waals surface area (Å²) in [7, 11) is 0. The smallest absolute Gasteiger partial charge is 0.348 e. The summed E-state index contributed by atoms with van der Waals surface area (Å²) in [6.45, 7) is 3.95. The number of nitrogens with one attached hydrogen (secondary N) is 1. The number of pyridine rings is 2. The van der Waals surface area contributed by atoms with Crippen molar-refractivity contribution in [2.75, 3.05) is 30.3 Å². The van der Waals surface area contributed by atoms with Crippen molar-refractivity contribution in [3.63, 3.8) is 0 Å². The number of aliphatic hydroxyl groups is 1. The molecule has 1 aliphatic rings. The van der Waals surface area contributed by atoms with Crippen LogP contribution in [-0.4, -0.2) is 57.7 Å². The molecular formula is C24H30N6O4S. The van der Waals surface area contributed by atoms with Gasteiger partial charge in [-0.3, -0.25) is 4.79 Å². The van der Waals surface area contributed by atoms with Crippen LogP contribution < -0.4 is 21.7 Å². The van der Waals surface area contributed by atoms with Crippen molar-refractivity contribution in [1.82, 2.24) is 15.3 Å². The molecule has 10 nitrogen and oxygen atoms in total. The Kier molecular flexibility index (Phi) is 7.48. The summed E-state index contributed by atoms with van der Waals surface area (Å²) in [5, 5.41) is 24.1. The molecule has 3 aromatic rings. The molecule has 1 aliphatic heterocycles. The van der Waals surface area contributed by atoms with Crippen LogP contribution in [0.5, 0.6) is 0 Å². The number of piperidine rings is 1. The SMILES string of the molecule is CCCc1cc(N2CCC(NCC(O)c3cccc(C(N)=O)n3)CC2)nc2sc(C(=O)O)c(N)c12. The highest BCUT2D eigenvalue weighted by Gasteiger charge is 2.24. The Morgan fingerprint density at radius 1 is 1.29 bits per heavy atom. The second kappa shape index (κ2) is 10.5. The lowest BCUT2D eigenvalue weighted by molar-refractivity contribution is 0.0703. The molecule has 1 saturated heterocycles. The predicted octanol–water partition coefficient (Wildman–Crippen LogP) is 2.32. The van der Waals surface area contributed by atoms with E-state index in [0.29, 0.717) is 22.8 Å². The number of aliphatic hydroxyl groups excluding tert-OH is 1. The van der Waals surface area contributed by atoms with Gasteiger partial charge in [0.05, 0.1) is 11.4 Å². The van der Waals surface area contributed by atoms with Crippen LogP contribution in [-0.2, 0) is 6.42 Å². The van der Waals surface area contributed by atoms with E-state index in [-0.39, 0.29) is 16.6 Å². The number of nitrogens with zero attached hydrogens (tertiary/aromatic N) is 3. The van der Waals surface area contributed by atoms with Crippen molar-refractivity contribution >= 4 is 44.9 Å². The molecule has 1 unspecified atom stereocenters. The number of hydrogen-bond acceptors (Lipinski definition) is 9. The number of primary amides is 1. The summed E-state index contributed by atoms with van der Waals surface area (Å²) < 4.78 is 0. The Morgan fingerprint density at radius 3 is 2.69 bits per heavy atom. The van der Waals surface area contributed by atoms with Crippen LogP contribution in [0.25, 0.3) is 10.2 Å². The molecule has 0 aliphatic carbocycles. The minimum absolute atomic E-state index is 0.129. The summed E-state index contributed by atoms with van der Waals surface area (Å²) in [6.07, 6.45) is 2.59. The third-order valence-electron chi connectivity index (χ3n) is 6.26. The van der Waals surface area contributed by atoms with Gasteiger partial charge in [-0.25, -0.2) is 14.8 Å². The van der Waals surface area contributed by atoms with E-state index in [9.17, 15) is 19.8 Å². The number of fused-ring (bicyclic) bond motifs is 1. The Hall–Kier alpha value is -3.28. The fourth-order valence-corrected chi connectivity index (χ4v) is 5.42. The fraction of sp³-hybridized carbons (Fsp3) is 0.417. The van der Waals surface area contributed by atoms with E-state index in [4.69, 9.17) is 16.5 Å². The molecule has 7 N–H and O–H groups in total. The normalized spacial score (nSPS) is 15.4. The molecular weight excluding hydrogens is 468 g/mol. The molecule has 4 rings (SSSR count). The maximum Gasteiger partial charge on any atom is 0.348 e. The van der Waals surface area contributed by atoms with Crippen molar-refractivity contribution in [2.24, 2.45) is 5.73 Å². The lowest BCUT2D eigenvalue weighted by Gasteiger charge is -2.34. The third kappa shape index (κ3) is 5.37. The highest BCUT2D eigenvalue weighted by molar-refractivity contribution is 7.21. The molecule has 1 amide bonds. The molecule has 4 heterocycles. The maximum atomic E-state index is 11.6. The number of carboxylic acid groups (broad SMARTS) is 1. The number of aromatic nitrogens is 2. The summed E-state index contributed by atoms with van der Waals surface area (Å²) >= 11 is 1.13. The molecule has 186 valence electrons. The van der Waals surface area contributed by atoms with Crippen molar-refractivity contribution in [2.45, 2.75) is 44.8 Å². The van der Waals surface area contributed by atoms with Crippen LogP contribution in [0.1, 0.15) is 63.7 Å². The largest absolute Gasteiger partial charge is 0.477 e. The molecule has 1 atom stereocenters. The molecule has 0 bridgehead atoms. The van der Waals surface area contributed by atoms with Crippen LogP contribution in [0.3, 0.4) is 0 Å². The minimum Gasteiger partial charge on any atom is -0.477 e. The van der Waals surface area contributed by atoms with Crippen LogP contribution in [0, 0.1) is 0 Å². The van der Waals surface area contributed by atoms with Crippen molar-refractivity contribution < 1.29 is 19.8 Å². The van der Waals surface area contributed by atoms with E-state index >= 15 is 0 Å². The van der Waals surface area contributed by atoms with Gasteiger partial charge in [-0.2, -0.15) is 0 Å². The fourth-order valence-electron chi connectivity index (χ4n) is 4.44. The number of thiophene rings is 1. The topological polar surface area (TPSA) is 168 Å². The van der Waals surface area contributed by atoms with Gasteiger partial charge in [0.25, 0.3) is 5.91 Å². The number of anilines is 2. The molecule has 0 spiro atoms. The zero-order chi connectivity index (χ0) is 25.1. The Labute approximate surface area is 207 Å². The highest BCUT2D eigenvalue weighted by atomic mass is 32.1. The monoisotopic (exact) mass is 498 g/mol. The Balaban J connectivity index is 1.41. The number of nitrogens with two attached hydrogens (primary N) is 2. The molecule has 0 saturated carbocycles. The molecule has 11 heteroatoms. The zero-order valence-corrected chi connectivity index (χ0v) is 20.3. The van der Waals surface area contributed by atoms with Gasteiger partial charge >= 0.3 is 5.97 Å². The number of aromatic carboxylic acids is 1. The molecule has 1 fully saturated rings. The van der Waals surface area contributed by atoms with Gasteiger partial charge in [0.15, 0.2) is 0 Å². The Morgan fingerprint density at radius 2 is 2.03 bits per heavy atom. The molecule has 0 aromatic carbocycles. The van der Waals surface area contributed by atoms with E-state index in [2.05, 4.69) is 22.1 Å². The van der Waals surface area contributed by atoms with Crippen LogP contribution in [0.2, 0.25) is 0 Å². The predicted molar refractivity (Wildman–Crippen MR) is 136 cm³/mol. The number of aryl methyl sites for hydroxylation is 1. The first-order chi connectivity index (χ1) is 16.8. The average molecular weight is 499 g/mol. The highest BCUT2D eigenvalue weighted by Crippen LogP contribution is 2.37. The minimum atomic E-state index is -1.03. The van der Waals surface area contributed by atoms with Gasteiger partial charge in [0.1, 0.15) is 27.3 Å². The van der Waals surface area contributed by atoms with Crippen LogP contribution >= 0.6 is 11.3 Å². The second-order valence-corrected chi connectivity index (χ2v) is 9.72. The van der Waals surface area contributed by atoms with Crippen molar-refractivity contribution in [1.29, 1.82) is 0 Å². The van der Waals surface area contributed by atoms with Crippen molar-refractivity contribution in [3.05, 3.63) is 46.1 Å². The Bertz CT molecular complexity index is 1240. The number of carbonyl (C=O) groups excluding carboxylic acids is 1. The summed E-state index contributed by atoms with van der Waals surface area (Å²) in [4.78, 5) is 34.8. The first-order valence-corrected chi connectivity index (χ1v) is 12.5. The second-order valence-electron chi connectivity index (χ2n) is 8.72. The van der Waals surface area contributed by atoms with E-state index in [1.165, 1.54) is 6.07 Å². The average Bonchev–Trinajstić information content (AvgIpc) is 3.20. The van der Waals surface area contributed by atoms with Gasteiger partial charge in [-0.05, 0) is 43.0 Å². The van der Waals surface area contributed by atoms with Gasteiger partial charge in [-0.15, -0.1) is 11.3 Å². The summed E-state index contributed by atoms with van der Waals surface area (Å²) in [5.41, 5.74) is 13.3. The van der Waals surface area contributed by atoms with E-state index in [0.717, 1.165) is 66.9 Å². The number of carbonyl (C=O) groups is 2. The lowest BCUT2D eigenvalue weighted by atomic mass is 10.0. The van der Waals surface area contributed by atoms with Crippen LogP contribution in [0.4, 0.5) is 11.5 Å². The lowest BCUT2D eigenvalue weighted by Crippen LogP contribution is -2.44. The number of amides is 1. The van der Waals surface area contributed by atoms with Gasteiger partial charge in [0, 0.05) is 31.1 Å². The standard InChI is InChI=1S/C24H30N6O4S/c1-2-4-13-11-18(29-23-19(13)20(25)21(35-23)24(33)34)30-9-7-14(8-10-30)27-12-17(31)15-5-3-6-16(28-15)22(26)32/h3,5-6,11,14,17,27,31H,2,4,7-10,12,25H2,1H3,(H2,26,32)(H,33,34). The number of hydrogen-bond donors (Lipinski definition) is 5. The number of carboxylic acids is 1. The first kappa shape index (κ1) is 24.8. The number of nitrogen functional groups attached to an aromatic ring is 1. The van der Waals surface area contributed by atoms with Crippen molar-refractivity contribution in [3.8, 4) is 0 Å². The van der Waals surface area contributed by atoms with E-state index < -0.39 is 18.0 Å². The zero-order valence-electron chi connectivity index (χ0n) is 19.5. The summed E-state index contributed by atoms with van der Waals surface area (Å²) in [5.74, 6) is -0.817. The van der Waals surface area contributed by atoms with Gasteiger partial charge in [0.2, 0.25) is 0 Å². The molecule has 35 heavy (non-hydrogen) atoms. The maximum absolute atomic E-state index is 11.6. The van der Waals surface area contributed by atoms with Gasteiger partial charge < -0.3 is 31.9 Å². The van der Waals surface area contributed by atoms with Gasteiger partial charge in [-0.1, -0.05) is 19.4 Å². The molecule has 0 radical (unpaired) electrons. The summed E-state index contributed by atoms with van der Waals surface area (Å²) in [6, 6.07) is 7.10. The quantitative estimate of drug-likeness (QED) is 0.297. The molecule has 3 aromatic heterocycles. The number of rotatable bonds is 9. The van der Waals surface area contributed by atoms with Crippen LogP contribution in [0.15, 0.2) is 24.3 Å². The van der Waals surface area contributed by atoms with E-state index in [1.807, 2.05) is 6.07 Å². The van der Waals surface area contributed by atoms with E-state index in [1.54, 1.807) is 12.1 Å². The first-order valence-electron chi connectivity index (χ1n) is 11.7.